The van der Waals surface area contributed by atoms with Crippen molar-refractivity contribution in [2.45, 2.75) is 27.3 Å². The Morgan fingerprint density at radius 3 is 2.58 bits per heavy atom. The number of nitrogens with one attached hydrogen (secondary N) is 1. The number of amides is 1. The van der Waals surface area contributed by atoms with Crippen molar-refractivity contribution in [3.05, 3.63) is 33.9 Å². The van der Waals surface area contributed by atoms with Gasteiger partial charge < -0.3 is 20.4 Å². The Kier molecular flexibility index (Phi) is 4.87. The summed E-state index contributed by atoms with van der Waals surface area (Å²) in [5.74, 6) is -2.29. The van der Waals surface area contributed by atoms with Gasteiger partial charge in [0.15, 0.2) is 5.82 Å². The lowest BCUT2D eigenvalue weighted by Crippen LogP contribution is -2.23. The Balaban J connectivity index is 2.96. The van der Waals surface area contributed by atoms with Crippen LogP contribution in [0.4, 0.5) is 15.8 Å². The third-order valence-corrected chi connectivity index (χ3v) is 3.47. The largest absolute Gasteiger partial charge is 0.462 e. The lowest BCUT2D eigenvalue weighted by atomic mass is 10.1. The smallest absolute Gasteiger partial charge is 0.343 e. The molecule has 0 atom stereocenters. The number of carbonyl (C=O) groups excluding carboxylic acids is 2. The summed E-state index contributed by atoms with van der Waals surface area (Å²) in [7, 11) is 0. The molecule has 0 fully saturated rings. The summed E-state index contributed by atoms with van der Waals surface area (Å²) in [5.41, 5.74) is 4.46. The van der Waals surface area contributed by atoms with Crippen LogP contribution >= 0.6 is 0 Å². The first-order chi connectivity index (χ1) is 11.3. The minimum atomic E-state index is -0.918. The number of pyridine rings is 1. The van der Waals surface area contributed by atoms with E-state index in [4.69, 9.17) is 10.5 Å². The van der Waals surface area contributed by atoms with Gasteiger partial charge in [-0.1, -0.05) is 0 Å². The lowest BCUT2D eigenvalue weighted by molar-refractivity contribution is -0.114. The molecule has 1 amide bonds. The third kappa shape index (κ3) is 2.94. The third-order valence-electron chi connectivity index (χ3n) is 3.47. The number of halogens is 1. The molecule has 0 radical (unpaired) electrons. The van der Waals surface area contributed by atoms with Gasteiger partial charge in [-0.05, 0) is 19.9 Å². The van der Waals surface area contributed by atoms with Gasteiger partial charge >= 0.3 is 5.97 Å². The number of hydrogen-bond donors (Lipinski definition) is 2. The van der Waals surface area contributed by atoms with Crippen molar-refractivity contribution >= 4 is 34.2 Å². The molecule has 1 aromatic heterocycles. The summed E-state index contributed by atoms with van der Waals surface area (Å²) in [6.45, 7) is 5.07. The van der Waals surface area contributed by atoms with E-state index in [2.05, 4.69) is 5.32 Å². The van der Waals surface area contributed by atoms with E-state index in [1.54, 1.807) is 18.4 Å². The number of nitrogens with two attached hydrogens (primary N) is 1. The number of anilines is 2. The summed E-state index contributed by atoms with van der Waals surface area (Å²) in [4.78, 5) is 36.1. The first-order valence-electron chi connectivity index (χ1n) is 7.41. The predicted octanol–water partition coefficient (Wildman–Crippen LogP) is 1.88. The molecule has 0 spiro atoms. The van der Waals surface area contributed by atoms with Gasteiger partial charge in [0, 0.05) is 19.7 Å². The number of hydrogen-bond acceptors (Lipinski definition) is 5. The number of esters is 1. The Morgan fingerprint density at radius 1 is 1.38 bits per heavy atom. The van der Waals surface area contributed by atoms with E-state index >= 15 is 0 Å². The minimum Gasteiger partial charge on any atom is -0.462 e. The molecule has 128 valence electrons. The highest BCUT2D eigenvalue weighted by molar-refractivity contribution is 6.04. The average Bonchev–Trinajstić information content (AvgIpc) is 2.51. The van der Waals surface area contributed by atoms with Crippen molar-refractivity contribution in [1.29, 1.82) is 0 Å². The number of nitrogens with zero attached hydrogens (tertiary/aromatic N) is 1. The van der Waals surface area contributed by atoms with Gasteiger partial charge in [0.05, 0.1) is 28.9 Å². The van der Waals surface area contributed by atoms with Gasteiger partial charge in [-0.15, -0.1) is 0 Å². The highest BCUT2D eigenvalue weighted by Crippen LogP contribution is 2.29. The fourth-order valence-corrected chi connectivity index (χ4v) is 2.45. The van der Waals surface area contributed by atoms with E-state index < -0.39 is 23.1 Å². The standard InChI is InChI=1S/C16H18FN3O4/c1-4-20-7-9(16(23)24-5-2)15(22)12-11(20)6-10(18)13(17)14(12)19-8(3)21/h6-7H,4-5,18H2,1-3H3,(H,19,21). The maximum atomic E-state index is 14.4. The second-order valence-corrected chi connectivity index (χ2v) is 5.11. The molecule has 2 rings (SSSR count). The van der Waals surface area contributed by atoms with Crippen LogP contribution in [0.25, 0.3) is 10.9 Å². The normalized spacial score (nSPS) is 10.7. The molecule has 0 aliphatic heterocycles. The van der Waals surface area contributed by atoms with Gasteiger partial charge in [-0.2, -0.15) is 0 Å². The molecule has 1 aromatic carbocycles. The van der Waals surface area contributed by atoms with Gasteiger partial charge in [0.2, 0.25) is 11.3 Å². The maximum Gasteiger partial charge on any atom is 0.343 e. The van der Waals surface area contributed by atoms with Crippen molar-refractivity contribution in [3.63, 3.8) is 0 Å². The molecule has 0 saturated heterocycles. The van der Waals surface area contributed by atoms with Crippen LogP contribution < -0.4 is 16.5 Å². The monoisotopic (exact) mass is 335 g/mol. The second-order valence-electron chi connectivity index (χ2n) is 5.11. The first-order valence-corrected chi connectivity index (χ1v) is 7.41. The van der Waals surface area contributed by atoms with Crippen molar-refractivity contribution in [1.82, 2.24) is 4.57 Å². The van der Waals surface area contributed by atoms with E-state index in [-0.39, 0.29) is 28.9 Å². The van der Waals surface area contributed by atoms with Crippen molar-refractivity contribution in [3.8, 4) is 0 Å². The zero-order chi connectivity index (χ0) is 18.0. The molecular weight excluding hydrogens is 317 g/mol. The zero-order valence-electron chi connectivity index (χ0n) is 13.6. The van der Waals surface area contributed by atoms with Gasteiger partial charge in [0.1, 0.15) is 5.56 Å². The summed E-state index contributed by atoms with van der Waals surface area (Å²) in [6.07, 6.45) is 1.34. The van der Waals surface area contributed by atoms with Crippen LogP contribution in [0.2, 0.25) is 0 Å². The molecule has 2 aromatic rings. The molecule has 0 bridgehead atoms. The number of rotatable bonds is 4. The van der Waals surface area contributed by atoms with E-state index in [0.29, 0.717) is 12.1 Å². The minimum absolute atomic E-state index is 0.0943. The number of aromatic nitrogens is 1. The summed E-state index contributed by atoms with van der Waals surface area (Å²) >= 11 is 0. The topological polar surface area (TPSA) is 103 Å². The van der Waals surface area contributed by atoms with Crippen LogP contribution in [-0.4, -0.2) is 23.1 Å². The number of benzene rings is 1. The van der Waals surface area contributed by atoms with E-state index in [1.807, 2.05) is 0 Å². The van der Waals surface area contributed by atoms with Crippen LogP contribution in [-0.2, 0) is 16.1 Å². The maximum absolute atomic E-state index is 14.4. The van der Waals surface area contributed by atoms with E-state index in [1.165, 1.54) is 19.2 Å². The fourth-order valence-electron chi connectivity index (χ4n) is 2.45. The Labute approximate surface area is 137 Å². The Hall–Kier alpha value is -2.90. The molecule has 0 unspecified atom stereocenters. The van der Waals surface area contributed by atoms with Gasteiger partial charge in [-0.25, -0.2) is 9.18 Å². The van der Waals surface area contributed by atoms with E-state index in [9.17, 15) is 18.8 Å². The van der Waals surface area contributed by atoms with Crippen molar-refractivity contribution < 1.29 is 18.7 Å². The van der Waals surface area contributed by atoms with Crippen LogP contribution in [0.1, 0.15) is 31.1 Å². The van der Waals surface area contributed by atoms with Crippen LogP contribution in [0.3, 0.4) is 0 Å². The summed E-state index contributed by atoms with van der Waals surface area (Å²) < 4.78 is 20.8. The molecule has 0 saturated carbocycles. The SMILES string of the molecule is CCOC(=O)c1cn(CC)c2cc(N)c(F)c(NC(C)=O)c2c1=O. The quantitative estimate of drug-likeness (QED) is 0.656. The Bertz CT molecular complexity index is 889. The lowest BCUT2D eigenvalue weighted by Gasteiger charge is -2.16. The molecule has 24 heavy (non-hydrogen) atoms. The predicted molar refractivity (Wildman–Crippen MR) is 88.5 cm³/mol. The van der Waals surface area contributed by atoms with Crippen molar-refractivity contribution in [2.24, 2.45) is 0 Å². The van der Waals surface area contributed by atoms with Gasteiger partial charge in [0.25, 0.3) is 0 Å². The average molecular weight is 335 g/mol. The summed E-state index contributed by atoms with van der Waals surface area (Å²) in [6, 6.07) is 1.30. The highest BCUT2D eigenvalue weighted by Gasteiger charge is 2.22. The van der Waals surface area contributed by atoms with Crippen LogP contribution in [0.15, 0.2) is 17.1 Å². The highest BCUT2D eigenvalue weighted by atomic mass is 19.1. The molecule has 3 N–H and O–H groups in total. The zero-order valence-corrected chi connectivity index (χ0v) is 13.6. The number of nitrogen functional groups attached to an aromatic ring is 1. The van der Waals surface area contributed by atoms with Crippen molar-refractivity contribution in [2.75, 3.05) is 17.7 Å². The first kappa shape index (κ1) is 17.5. The number of carbonyl (C=O) groups is 2. The van der Waals surface area contributed by atoms with Crippen LogP contribution in [0.5, 0.6) is 0 Å². The molecule has 0 aliphatic rings. The second kappa shape index (κ2) is 6.69. The molecule has 8 heteroatoms. The number of aryl methyl sites for hydroxylation is 1. The van der Waals surface area contributed by atoms with Crippen LogP contribution in [0, 0.1) is 5.82 Å². The summed E-state index contributed by atoms with van der Waals surface area (Å²) in [5, 5.41) is 2.17. The molecule has 0 aliphatic carbocycles. The number of ether oxygens (including phenoxy) is 1. The molecule has 7 nitrogen and oxygen atoms in total. The number of fused-ring (bicyclic) bond motifs is 1. The molecular formula is C16H18FN3O4. The molecule has 1 heterocycles. The van der Waals surface area contributed by atoms with Gasteiger partial charge in [-0.3, -0.25) is 9.59 Å². The Morgan fingerprint density at radius 2 is 2.04 bits per heavy atom. The van der Waals surface area contributed by atoms with E-state index in [0.717, 1.165) is 0 Å². The fraction of sp³-hybridized carbons (Fsp3) is 0.312.